The zero-order valence-corrected chi connectivity index (χ0v) is 14.6. The number of anilines is 1. The summed E-state index contributed by atoms with van der Waals surface area (Å²) in [6.45, 7) is 8.59. The van der Waals surface area contributed by atoms with Gasteiger partial charge in [0.05, 0.1) is 5.69 Å². The lowest BCUT2D eigenvalue weighted by Gasteiger charge is -2.35. The van der Waals surface area contributed by atoms with Crippen molar-refractivity contribution in [3.05, 3.63) is 54.3 Å². The van der Waals surface area contributed by atoms with Gasteiger partial charge < -0.3 is 9.32 Å². The number of hydrogen-bond donors (Lipinski definition) is 0. The van der Waals surface area contributed by atoms with Gasteiger partial charge in [0.1, 0.15) is 23.7 Å². The lowest BCUT2D eigenvalue weighted by Crippen LogP contribution is -2.46. The molecule has 0 saturated carbocycles. The average Bonchev–Trinajstić information content (AvgIpc) is 3.24. The molecule has 4 rings (SSSR count). The number of hydrogen-bond acceptors (Lipinski definition) is 6. The quantitative estimate of drug-likeness (QED) is 0.727. The molecule has 1 fully saturated rings. The van der Waals surface area contributed by atoms with Gasteiger partial charge in [-0.25, -0.2) is 15.0 Å². The first-order valence-corrected chi connectivity index (χ1v) is 8.55. The Balaban J connectivity index is 1.41. The highest BCUT2D eigenvalue weighted by Gasteiger charge is 2.19. The van der Waals surface area contributed by atoms with Crippen molar-refractivity contribution in [3.63, 3.8) is 0 Å². The fraction of sp³-hybridized carbons (Fsp3) is 0.389. The largest absolute Gasteiger partial charge is 0.449 e. The molecule has 4 heterocycles. The summed E-state index contributed by atoms with van der Waals surface area (Å²) < 4.78 is 7.30. The van der Waals surface area contributed by atoms with E-state index in [4.69, 9.17) is 9.40 Å². The molecular weight excluding hydrogens is 316 g/mol. The highest BCUT2D eigenvalue weighted by atomic mass is 16.3. The number of aromatic nitrogens is 4. The van der Waals surface area contributed by atoms with E-state index in [-0.39, 0.29) is 0 Å². The normalized spacial score (nSPS) is 15.7. The van der Waals surface area contributed by atoms with Gasteiger partial charge in [-0.15, -0.1) is 0 Å². The van der Waals surface area contributed by atoms with Crippen LogP contribution in [0.25, 0.3) is 5.82 Å². The van der Waals surface area contributed by atoms with Crippen LogP contribution < -0.4 is 4.90 Å². The summed E-state index contributed by atoms with van der Waals surface area (Å²) in [6, 6.07) is 6.15. The van der Waals surface area contributed by atoms with Gasteiger partial charge in [0.2, 0.25) is 0 Å². The van der Waals surface area contributed by atoms with Crippen LogP contribution in [0.5, 0.6) is 0 Å². The molecule has 0 radical (unpaired) electrons. The number of pyridine rings is 1. The Bertz CT molecular complexity index is 847. The van der Waals surface area contributed by atoms with Crippen LogP contribution in [0.3, 0.4) is 0 Å². The molecule has 0 unspecified atom stereocenters. The molecule has 1 aliphatic heterocycles. The monoisotopic (exact) mass is 338 g/mol. The SMILES string of the molecule is Cc1nc(CN2CCN(c3cccc(-n4ccnc4C)n3)CC2)co1. The maximum absolute atomic E-state index is 5.29. The summed E-state index contributed by atoms with van der Waals surface area (Å²) in [5.41, 5.74) is 1.00. The lowest BCUT2D eigenvalue weighted by molar-refractivity contribution is 0.246. The molecule has 130 valence electrons. The second-order valence-electron chi connectivity index (χ2n) is 6.32. The van der Waals surface area contributed by atoms with Gasteiger partial charge in [-0.3, -0.25) is 9.47 Å². The van der Waals surface area contributed by atoms with Crippen LogP contribution in [-0.4, -0.2) is 50.6 Å². The van der Waals surface area contributed by atoms with Crippen molar-refractivity contribution < 1.29 is 4.42 Å². The molecule has 0 atom stereocenters. The van der Waals surface area contributed by atoms with Crippen molar-refractivity contribution in [3.8, 4) is 5.82 Å². The molecule has 7 heteroatoms. The predicted octanol–water partition coefficient (Wildman–Crippen LogP) is 2.19. The number of oxazole rings is 1. The number of rotatable bonds is 4. The van der Waals surface area contributed by atoms with Crippen molar-refractivity contribution in [1.82, 2.24) is 24.4 Å². The smallest absolute Gasteiger partial charge is 0.191 e. The Morgan fingerprint density at radius 3 is 2.52 bits per heavy atom. The average molecular weight is 338 g/mol. The first kappa shape index (κ1) is 15.8. The van der Waals surface area contributed by atoms with Gasteiger partial charge in [-0.05, 0) is 19.1 Å². The molecule has 0 bridgehead atoms. The Morgan fingerprint density at radius 1 is 1.04 bits per heavy atom. The van der Waals surface area contributed by atoms with Gasteiger partial charge in [0, 0.05) is 52.0 Å². The third-order valence-corrected chi connectivity index (χ3v) is 4.54. The summed E-state index contributed by atoms with van der Waals surface area (Å²) in [6.07, 6.45) is 5.49. The molecule has 3 aromatic rings. The van der Waals surface area contributed by atoms with E-state index in [9.17, 15) is 0 Å². The van der Waals surface area contributed by atoms with Crippen molar-refractivity contribution in [2.24, 2.45) is 0 Å². The van der Waals surface area contributed by atoms with E-state index in [1.165, 1.54) is 0 Å². The highest BCUT2D eigenvalue weighted by molar-refractivity contribution is 5.43. The Hall–Kier alpha value is -2.67. The fourth-order valence-electron chi connectivity index (χ4n) is 3.19. The summed E-state index contributed by atoms with van der Waals surface area (Å²) in [5, 5.41) is 0. The second kappa shape index (κ2) is 6.68. The van der Waals surface area contributed by atoms with Crippen LogP contribution in [0.1, 0.15) is 17.4 Å². The van der Waals surface area contributed by atoms with Crippen LogP contribution in [-0.2, 0) is 6.54 Å². The number of imidazole rings is 1. The molecular formula is C18H22N6O. The fourth-order valence-corrected chi connectivity index (χ4v) is 3.19. The van der Waals surface area contributed by atoms with Crippen LogP contribution in [0.4, 0.5) is 5.82 Å². The molecule has 0 N–H and O–H groups in total. The molecule has 25 heavy (non-hydrogen) atoms. The Labute approximate surface area is 146 Å². The summed E-state index contributed by atoms with van der Waals surface area (Å²) in [5.74, 6) is 3.59. The number of piperazine rings is 1. The molecule has 1 aliphatic rings. The highest BCUT2D eigenvalue weighted by Crippen LogP contribution is 2.18. The zero-order chi connectivity index (χ0) is 17.2. The Kier molecular flexibility index (Phi) is 4.23. The van der Waals surface area contributed by atoms with E-state index >= 15 is 0 Å². The minimum atomic E-state index is 0.726. The predicted molar refractivity (Wildman–Crippen MR) is 94.8 cm³/mol. The first-order valence-electron chi connectivity index (χ1n) is 8.55. The maximum atomic E-state index is 5.29. The zero-order valence-electron chi connectivity index (χ0n) is 14.6. The minimum Gasteiger partial charge on any atom is -0.449 e. The number of aryl methyl sites for hydroxylation is 2. The molecule has 0 aromatic carbocycles. The molecule has 7 nitrogen and oxygen atoms in total. The maximum Gasteiger partial charge on any atom is 0.191 e. The topological polar surface area (TPSA) is 63.2 Å². The van der Waals surface area contributed by atoms with E-state index in [0.29, 0.717) is 0 Å². The van der Waals surface area contributed by atoms with Gasteiger partial charge >= 0.3 is 0 Å². The van der Waals surface area contributed by atoms with Crippen molar-refractivity contribution in [1.29, 1.82) is 0 Å². The molecule has 1 saturated heterocycles. The molecule has 0 amide bonds. The van der Waals surface area contributed by atoms with Gasteiger partial charge in [0.15, 0.2) is 5.89 Å². The van der Waals surface area contributed by atoms with Crippen LogP contribution in [0.2, 0.25) is 0 Å². The van der Waals surface area contributed by atoms with E-state index in [1.807, 2.05) is 30.7 Å². The third-order valence-electron chi connectivity index (χ3n) is 4.54. The summed E-state index contributed by atoms with van der Waals surface area (Å²) >= 11 is 0. The molecule has 0 aliphatic carbocycles. The molecule has 0 spiro atoms. The minimum absolute atomic E-state index is 0.726. The third kappa shape index (κ3) is 3.41. The van der Waals surface area contributed by atoms with E-state index < -0.39 is 0 Å². The van der Waals surface area contributed by atoms with Gasteiger partial charge in [0.25, 0.3) is 0 Å². The second-order valence-corrected chi connectivity index (χ2v) is 6.32. The van der Waals surface area contributed by atoms with Crippen LogP contribution in [0.15, 0.2) is 41.3 Å². The van der Waals surface area contributed by atoms with Crippen molar-refractivity contribution in [2.75, 3.05) is 31.1 Å². The lowest BCUT2D eigenvalue weighted by atomic mass is 10.3. The van der Waals surface area contributed by atoms with Gasteiger partial charge in [-0.1, -0.05) is 6.07 Å². The number of nitrogens with zero attached hydrogens (tertiary/aromatic N) is 6. The van der Waals surface area contributed by atoms with E-state index in [2.05, 4.69) is 31.9 Å². The summed E-state index contributed by atoms with van der Waals surface area (Å²) in [7, 11) is 0. The van der Waals surface area contributed by atoms with Crippen LogP contribution in [0, 0.1) is 13.8 Å². The summed E-state index contributed by atoms with van der Waals surface area (Å²) in [4.78, 5) is 18.2. The van der Waals surface area contributed by atoms with Crippen molar-refractivity contribution >= 4 is 5.82 Å². The Morgan fingerprint density at radius 2 is 1.84 bits per heavy atom. The van der Waals surface area contributed by atoms with E-state index in [0.717, 1.165) is 61.8 Å². The molecule has 3 aromatic heterocycles. The first-order chi connectivity index (χ1) is 12.2. The van der Waals surface area contributed by atoms with Crippen LogP contribution >= 0.6 is 0 Å². The van der Waals surface area contributed by atoms with Crippen molar-refractivity contribution in [2.45, 2.75) is 20.4 Å². The standard InChI is InChI=1S/C18H22N6O/c1-14-19-6-7-24(14)18-5-3-4-17(21-18)23-10-8-22(9-11-23)12-16-13-25-15(2)20-16/h3-7,13H,8-12H2,1-2H3. The van der Waals surface area contributed by atoms with E-state index in [1.54, 1.807) is 12.5 Å². The van der Waals surface area contributed by atoms with Gasteiger partial charge in [-0.2, -0.15) is 0 Å².